The van der Waals surface area contributed by atoms with Gasteiger partial charge in [-0.25, -0.2) is 8.42 Å². The lowest BCUT2D eigenvalue weighted by Gasteiger charge is -2.10. The van der Waals surface area contributed by atoms with E-state index >= 15 is 0 Å². The van der Waals surface area contributed by atoms with Gasteiger partial charge in [-0.2, -0.15) is 0 Å². The zero-order valence-corrected chi connectivity index (χ0v) is 21.0. The van der Waals surface area contributed by atoms with Crippen molar-refractivity contribution in [2.45, 2.75) is 16.7 Å². The predicted octanol–water partition coefficient (Wildman–Crippen LogP) is 5.46. The smallest absolute Gasteiger partial charge is 0.211 e. The quantitative estimate of drug-likeness (QED) is 0.304. The molecule has 0 spiro atoms. The van der Waals surface area contributed by atoms with Crippen LogP contribution >= 0.6 is 11.3 Å². The Morgan fingerprint density at radius 3 is 1.94 bits per heavy atom. The molecule has 0 aliphatic rings. The third kappa shape index (κ3) is 4.87. The molecule has 1 aromatic heterocycles. The summed E-state index contributed by atoms with van der Waals surface area (Å²) < 4.78 is 37.7. The maximum absolute atomic E-state index is 13.7. The summed E-state index contributed by atoms with van der Waals surface area (Å²) in [5.41, 5.74) is 8.38. The standard InChI is InChI=1S/C26H24N2O5S2/c1-16-4-8-18(9-5-16)28-26-25(35(30,31)21-14-12-20(33-3)13-15-21)22(27)24(34-26)23(29)17-6-10-19(32-2)11-7-17/h4-15,28H,27H2,1-3H3. The molecule has 3 aromatic carbocycles. The molecule has 180 valence electrons. The summed E-state index contributed by atoms with van der Waals surface area (Å²) >= 11 is 1.01. The third-order valence-electron chi connectivity index (χ3n) is 5.41. The molecule has 0 radical (unpaired) electrons. The molecule has 0 bridgehead atoms. The molecular weight excluding hydrogens is 484 g/mol. The van der Waals surface area contributed by atoms with Gasteiger partial charge in [0.2, 0.25) is 15.6 Å². The number of benzene rings is 3. The van der Waals surface area contributed by atoms with Crippen LogP contribution in [0.4, 0.5) is 16.4 Å². The number of ether oxygens (including phenoxy) is 2. The van der Waals surface area contributed by atoms with E-state index in [1.54, 1.807) is 36.4 Å². The number of hydrogen-bond acceptors (Lipinski definition) is 8. The number of nitrogen functional groups attached to an aromatic ring is 1. The highest BCUT2D eigenvalue weighted by molar-refractivity contribution is 7.92. The number of nitrogens with one attached hydrogen (secondary N) is 1. The average molecular weight is 509 g/mol. The van der Waals surface area contributed by atoms with Crippen LogP contribution in [0.15, 0.2) is 82.6 Å². The summed E-state index contributed by atoms with van der Waals surface area (Å²) in [5.74, 6) is 0.749. The normalized spacial score (nSPS) is 11.2. The molecule has 0 amide bonds. The van der Waals surface area contributed by atoms with Gasteiger partial charge in [0.05, 0.1) is 24.8 Å². The van der Waals surface area contributed by atoms with Gasteiger partial charge in [0.15, 0.2) is 0 Å². The van der Waals surface area contributed by atoms with E-state index in [1.807, 2.05) is 31.2 Å². The Bertz CT molecular complexity index is 1460. The molecule has 35 heavy (non-hydrogen) atoms. The van der Waals surface area contributed by atoms with E-state index in [-0.39, 0.29) is 31.1 Å². The Labute approximate surface area is 208 Å². The molecule has 0 aliphatic carbocycles. The first-order chi connectivity index (χ1) is 16.7. The van der Waals surface area contributed by atoms with Crippen LogP contribution in [0.5, 0.6) is 11.5 Å². The number of sulfone groups is 1. The molecule has 3 N–H and O–H groups in total. The van der Waals surface area contributed by atoms with E-state index in [1.165, 1.54) is 26.4 Å². The van der Waals surface area contributed by atoms with Gasteiger partial charge in [0.25, 0.3) is 0 Å². The van der Waals surface area contributed by atoms with Crippen LogP contribution in [0.1, 0.15) is 20.8 Å². The summed E-state index contributed by atoms with van der Waals surface area (Å²) in [4.78, 5) is 13.4. The first-order valence-electron chi connectivity index (χ1n) is 10.6. The predicted molar refractivity (Wildman–Crippen MR) is 138 cm³/mol. The van der Waals surface area contributed by atoms with Gasteiger partial charge in [-0.15, -0.1) is 11.3 Å². The number of carbonyl (C=O) groups is 1. The number of carbonyl (C=O) groups excluding carboxylic acids is 1. The number of methoxy groups -OCH3 is 2. The van der Waals surface area contributed by atoms with Crippen molar-refractivity contribution in [3.8, 4) is 11.5 Å². The summed E-state index contributed by atoms with van der Waals surface area (Å²) in [6.45, 7) is 1.96. The number of aryl methyl sites for hydroxylation is 1. The van der Waals surface area contributed by atoms with E-state index in [0.29, 0.717) is 22.7 Å². The van der Waals surface area contributed by atoms with Gasteiger partial charge in [-0.3, -0.25) is 4.79 Å². The Balaban J connectivity index is 1.84. The minimum Gasteiger partial charge on any atom is -0.497 e. The van der Waals surface area contributed by atoms with Crippen molar-refractivity contribution in [1.29, 1.82) is 0 Å². The highest BCUT2D eigenvalue weighted by Gasteiger charge is 2.31. The summed E-state index contributed by atoms with van der Waals surface area (Å²) in [5, 5.41) is 3.41. The topological polar surface area (TPSA) is 108 Å². The Hall–Kier alpha value is -3.82. The lowest BCUT2D eigenvalue weighted by Crippen LogP contribution is -2.08. The van der Waals surface area contributed by atoms with Crippen LogP contribution in [0, 0.1) is 6.92 Å². The minimum atomic E-state index is -4.06. The van der Waals surface area contributed by atoms with Crippen molar-refractivity contribution in [2.75, 3.05) is 25.3 Å². The summed E-state index contributed by atoms with van der Waals surface area (Å²) in [7, 11) is -1.03. The second-order valence-corrected chi connectivity index (χ2v) is 10.6. The molecule has 4 rings (SSSR count). The fourth-order valence-corrected chi connectivity index (χ4v) is 6.39. The van der Waals surface area contributed by atoms with Gasteiger partial charge in [0.1, 0.15) is 26.3 Å². The lowest BCUT2D eigenvalue weighted by atomic mass is 10.1. The van der Waals surface area contributed by atoms with Gasteiger partial charge in [0, 0.05) is 11.3 Å². The fourth-order valence-electron chi connectivity index (χ4n) is 3.46. The van der Waals surface area contributed by atoms with Crippen molar-refractivity contribution in [1.82, 2.24) is 0 Å². The molecular formula is C26H24N2O5S2. The molecule has 0 saturated heterocycles. The van der Waals surface area contributed by atoms with Crippen molar-refractivity contribution in [2.24, 2.45) is 0 Å². The first-order valence-corrected chi connectivity index (χ1v) is 12.9. The molecule has 7 nitrogen and oxygen atoms in total. The zero-order chi connectivity index (χ0) is 25.2. The molecule has 0 saturated carbocycles. The maximum Gasteiger partial charge on any atom is 0.211 e. The fraction of sp³-hybridized carbons (Fsp3) is 0.115. The molecule has 4 aromatic rings. The van der Waals surface area contributed by atoms with Crippen molar-refractivity contribution in [3.05, 3.63) is 88.8 Å². The van der Waals surface area contributed by atoms with Gasteiger partial charge in [-0.1, -0.05) is 17.7 Å². The number of hydrogen-bond donors (Lipinski definition) is 2. The Morgan fingerprint density at radius 1 is 0.857 bits per heavy atom. The Kier molecular flexibility index (Phi) is 6.81. The number of anilines is 3. The lowest BCUT2D eigenvalue weighted by molar-refractivity contribution is 0.104. The van der Waals surface area contributed by atoms with Gasteiger partial charge < -0.3 is 20.5 Å². The number of thiophene rings is 1. The molecule has 0 aliphatic heterocycles. The molecule has 9 heteroatoms. The number of rotatable bonds is 8. The summed E-state index contributed by atoms with van der Waals surface area (Å²) in [6, 6.07) is 20.1. The largest absolute Gasteiger partial charge is 0.497 e. The monoisotopic (exact) mass is 508 g/mol. The van der Waals surface area contributed by atoms with Crippen molar-refractivity contribution < 1.29 is 22.7 Å². The minimum absolute atomic E-state index is 0.0400. The van der Waals surface area contributed by atoms with Crippen LogP contribution in [0.25, 0.3) is 0 Å². The van der Waals surface area contributed by atoms with Crippen molar-refractivity contribution in [3.63, 3.8) is 0 Å². The van der Waals surface area contributed by atoms with Crippen LogP contribution in [-0.4, -0.2) is 28.4 Å². The molecule has 0 unspecified atom stereocenters. The zero-order valence-electron chi connectivity index (χ0n) is 19.4. The van der Waals surface area contributed by atoms with Crippen LogP contribution in [0.3, 0.4) is 0 Å². The van der Waals surface area contributed by atoms with Gasteiger partial charge >= 0.3 is 0 Å². The van der Waals surface area contributed by atoms with E-state index in [9.17, 15) is 13.2 Å². The van der Waals surface area contributed by atoms with Crippen LogP contribution < -0.4 is 20.5 Å². The van der Waals surface area contributed by atoms with Crippen molar-refractivity contribution >= 4 is 43.3 Å². The Morgan fingerprint density at radius 2 is 1.40 bits per heavy atom. The first kappa shape index (κ1) is 24.3. The number of ketones is 1. The highest BCUT2D eigenvalue weighted by Crippen LogP contribution is 2.44. The highest BCUT2D eigenvalue weighted by atomic mass is 32.2. The molecule has 0 atom stereocenters. The van der Waals surface area contributed by atoms with E-state index in [4.69, 9.17) is 15.2 Å². The average Bonchev–Trinajstić information content (AvgIpc) is 3.21. The summed E-state index contributed by atoms with van der Waals surface area (Å²) in [6.07, 6.45) is 0. The van der Waals surface area contributed by atoms with Crippen LogP contribution in [0.2, 0.25) is 0 Å². The van der Waals surface area contributed by atoms with E-state index in [0.717, 1.165) is 16.9 Å². The number of nitrogens with two attached hydrogens (primary N) is 1. The second kappa shape index (κ2) is 9.81. The SMILES string of the molecule is COc1ccc(C(=O)c2sc(Nc3ccc(C)cc3)c(S(=O)(=O)c3ccc(OC)cc3)c2N)cc1. The van der Waals surface area contributed by atoms with E-state index in [2.05, 4.69) is 5.32 Å². The second-order valence-electron chi connectivity index (χ2n) is 7.73. The molecule has 1 heterocycles. The molecule has 0 fully saturated rings. The van der Waals surface area contributed by atoms with Crippen LogP contribution in [-0.2, 0) is 9.84 Å². The van der Waals surface area contributed by atoms with Gasteiger partial charge in [-0.05, 0) is 67.6 Å². The third-order valence-corrected chi connectivity index (χ3v) is 8.51. The van der Waals surface area contributed by atoms with E-state index < -0.39 is 9.84 Å². The maximum atomic E-state index is 13.7.